The SMILES string of the molecule is Nc1cc(Cl)c(Cl)c(C(=O)Nc2ccc(Cl)cc2Br)c1. The average Bonchev–Trinajstić information content (AvgIpc) is 2.37. The molecule has 0 radical (unpaired) electrons. The van der Waals surface area contributed by atoms with Crippen LogP contribution in [0.5, 0.6) is 0 Å². The molecular formula is C13H8BrCl3N2O. The molecule has 0 spiro atoms. The van der Waals surface area contributed by atoms with Gasteiger partial charge in [-0.1, -0.05) is 34.8 Å². The Morgan fingerprint density at radius 1 is 1.15 bits per heavy atom. The molecule has 0 aliphatic rings. The molecule has 2 aromatic rings. The van der Waals surface area contributed by atoms with Gasteiger partial charge in [0.05, 0.1) is 21.3 Å². The van der Waals surface area contributed by atoms with E-state index in [4.69, 9.17) is 40.5 Å². The number of hydrogen-bond acceptors (Lipinski definition) is 2. The van der Waals surface area contributed by atoms with Gasteiger partial charge in [0.15, 0.2) is 0 Å². The van der Waals surface area contributed by atoms with E-state index >= 15 is 0 Å². The minimum atomic E-state index is -0.410. The first kappa shape index (κ1) is 15.4. The second-order valence-corrected chi connectivity index (χ2v) is 6.02. The molecule has 0 unspecified atom stereocenters. The Balaban J connectivity index is 2.33. The number of rotatable bonds is 2. The van der Waals surface area contributed by atoms with Crippen molar-refractivity contribution in [3.05, 3.63) is 55.4 Å². The third-order valence-electron chi connectivity index (χ3n) is 2.47. The van der Waals surface area contributed by atoms with E-state index in [-0.39, 0.29) is 15.6 Å². The van der Waals surface area contributed by atoms with Crippen LogP contribution in [0.1, 0.15) is 10.4 Å². The van der Waals surface area contributed by atoms with E-state index in [1.165, 1.54) is 12.1 Å². The van der Waals surface area contributed by atoms with Gasteiger partial charge < -0.3 is 11.1 Å². The summed E-state index contributed by atoms with van der Waals surface area (Å²) in [5, 5.41) is 3.65. The molecule has 0 aromatic heterocycles. The number of nitrogens with one attached hydrogen (secondary N) is 1. The van der Waals surface area contributed by atoms with E-state index < -0.39 is 5.91 Å². The molecule has 0 atom stereocenters. The molecule has 3 N–H and O–H groups in total. The van der Waals surface area contributed by atoms with Crippen LogP contribution in [0.2, 0.25) is 15.1 Å². The van der Waals surface area contributed by atoms with E-state index in [1.807, 2.05) is 0 Å². The van der Waals surface area contributed by atoms with Gasteiger partial charge in [-0.15, -0.1) is 0 Å². The lowest BCUT2D eigenvalue weighted by Crippen LogP contribution is -2.13. The summed E-state index contributed by atoms with van der Waals surface area (Å²) in [4.78, 5) is 12.2. The molecule has 0 aliphatic heterocycles. The van der Waals surface area contributed by atoms with Crippen LogP contribution in [-0.2, 0) is 0 Å². The summed E-state index contributed by atoms with van der Waals surface area (Å²) in [6.07, 6.45) is 0. The lowest BCUT2D eigenvalue weighted by molar-refractivity contribution is 0.102. The third-order valence-corrected chi connectivity index (χ3v) is 4.17. The molecule has 2 aromatic carbocycles. The highest BCUT2D eigenvalue weighted by Crippen LogP contribution is 2.31. The van der Waals surface area contributed by atoms with Gasteiger partial charge >= 0.3 is 0 Å². The summed E-state index contributed by atoms with van der Waals surface area (Å²) in [5.74, 6) is -0.410. The van der Waals surface area contributed by atoms with Gasteiger partial charge in [-0.3, -0.25) is 4.79 Å². The number of nitrogen functional groups attached to an aromatic ring is 1. The number of anilines is 2. The van der Waals surface area contributed by atoms with Crippen molar-refractivity contribution in [1.29, 1.82) is 0 Å². The predicted octanol–water partition coefficient (Wildman–Crippen LogP) is 5.24. The van der Waals surface area contributed by atoms with Crippen LogP contribution in [0.25, 0.3) is 0 Å². The van der Waals surface area contributed by atoms with Crippen molar-refractivity contribution < 1.29 is 4.79 Å². The largest absolute Gasteiger partial charge is 0.399 e. The first-order valence-electron chi connectivity index (χ1n) is 5.39. The van der Waals surface area contributed by atoms with Crippen LogP contribution in [-0.4, -0.2) is 5.91 Å². The normalized spacial score (nSPS) is 10.4. The maximum atomic E-state index is 12.2. The van der Waals surface area contributed by atoms with Crippen molar-refractivity contribution in [3.8, 4) is 0 Å². The summed E-state index contributed by atoms with van der Waals surface area (Å²) in [6, 6.07) is 7.96. The number of halogens is 4. The van der Waals surface area contributed by atoms with Crippen LogP contribution < -0.4 is 11.1 Å². The third kappa shape index (κ3) is 3.38. The van der Waals surface area contributed by atoms with Gasteiger partial charge in [0.2, 0.25) is 0 Å². The fourth-order valence-corrected chi connectivity index (χ4v) is 2.76. The topological polar surface area (TPSA) is 55.1 Å². The van der Waals surface area contributed by atoms with Crippen molar-refractivity contribution in [2.75, 3.05) is 11.1 Å². The smallest absolute Gasteiger partial charge is 0.257 e. The Morgan fingerprint density at radius 3 is 2.50 bits per heavy atom. The molecule has 0 saturated carbocycles. The highest BCUT2D eigenvalue weighted by molar-refractivity contribution is 9.10. The molecule has 0 heterocycles. The molecule has 7 heteroatoms. The van der Waals surface area contributed by atoms with Crippen LogP contribution in [0.15, 0.2) is 34.8 Å². The lowest BCUT2D eigenvalue weighted by Gasteiger charge is -2.10. The number of carbonyl (C=O) groups excluding carboxylic acids is 1. The highest BCUT2D eigenvalue weighted by Gasteiger charge is 2.15. The van der Waals surface area contributed by atoms with Gasteiger partial charge in [0.25, 0.3) is 5.91 Å². The van der Waals surface area contributed by atoms with E-state index in [0.29, 0.717) is 20.9 Å². The van der Waals surface area contributed by atoms with Crippen molar-refractivity contribution in [3.63, 3.8) is 0 Å². The first-order valence-corrected chi connectivity index (χ1v) is 7.32. The second-order valence-electron chi connectivity index (χ2n) is 3.94. The summed E-state index contributed by atoms with van der Waals surface area (Å²) < 4.78 is 0.657. The van der Waals surface area contributed by atoms with Gasteiger partial charge in [-0.05, 0) is 46.3 Å². The van der Waals surface area contributed by atoms with Crippen molar-refractivity contribution in [2.24, 2.45) is 0 Å². The van der Waals surface area contributed by atoms with E-state index in [0.717, 1.165) is 0 Å². The Hall–Kier alpha value is -0.940. The fraction of sp³-hybridized carbons (Fsp3) is 0. The van der Waals surface area contributed by atoms with Crippen molar-refractivity contribution in [2.45, 2.75) is 0 Å². The van der Waals surface area contributed by atoms with E-state index in [2.05, 4.69) is 21.2 Å². The van der Waals surface area contributed by atoms with Crippen LogP contribution >= 0.6 is 50.7 Å². The monoisotopic (exact) mass is 392 g/mol. The quantitative estimate of drug-likeness (QED) is 0.684. The minimum absolute atomic E-state index is 0.156. The predicted molar refractivity (Wildman–Crippen MR) is 88.0 cm³/mol. The Labute approximate surface area is 139 Å². The molecule has 0 bridgehead atoms. The molecule has 0 fully saturated rings. The fourth-order valence-electron chi connectivity index (χ4n) is 1.56. The van der Waals surface area contributed by atoms with Crippen LogP contribution in [0, 0.1) is 0 Å². The molecule has 1 amide bonds. The van der Waals surface area contributed by atoms with E-state index in [1.54, 1.807) is 18.2 Å². The highest BCUT2D eigenvalue weighted by atomic mass is 79.9. The van der Waals surface area contributed by atoms with Crippen molar-refractivity contribution >= 4 is 68.0 Å². The van der Waals surface area contributed by atoms with Crippen LogP contribution in [0.3, 0.4) is 0 Å². The first-order chi connectivity index (χ1) is 9.38. The molecule has 20 heavy (non-hydrogen) atoms. The van der Waals surface area contributed by atoms with Gasteiger partial charge in [0.1, 0.15) is 0 Å². The van der Waals surface area contributed by atoms with Crippen LogP contribution in [0.4, 0.5) is 11.4 Å². The Morgan fingerprint density at radius 2 is 1.85 bits per heavy atom. The number of benzene rings is 2. The second kappa shape index (κ2) is 6.22. The Bertz CT molecular complexity index is 692. The van der Waals surface area contributed by atoms with E-state index in [9.17, 15) is 4.79 Å². The molecule has 104 valence electrons. The molecule has 3 nitrogen and oxygen atoms in total. The Kier molecular flexibility index (Phi) is 4.81. The lowest BCUT2D eigenvalue weighted by atomic mass is 10.2. The average molecular weight is 394 g/mol. The van der Waals surface area contributed by atoms with Gasteiger partial charge in [-0.25, -0.2) is 0 Å². The number of amides is 1. The number of hydrogen-bond donors (Lipinski definition) is 2. The van der Waals surface area contributed by atoms with Gasteiger partial charge in [-0.2, -0.15) is 0 Å². The molecule has 0 saturated heterocycles. The zero-order valence-electron chi connectivity index (χ0n) is 9.88. The molecule has 0 aliphatic carbocycles. The maximum Gasteiger partial charge on any atom is 0.257 e. The molecular weight excluding hydrogens is 386 g/mol. The zero-order valence-corrected chi connectivity index (χ0v) is 13.7. The van der Waals surface area contributed by atoms with Gasteiger partial charge in [0, 0.05) is 15.2 Å². The minimum Gasteiger partial charge on any atom is -0.399 e. The zero-order chi connectivity index (χ0) is 14.9. The number of carbonyl (C=O) groups is 1. The summed E-state index contributed by atoms with van der Waals surface area (Å²) in [6.45, 7) is 0. The number of nitrogens with two attached hydrogens (primary N) is 1. The summed E-state index contributed by atoms with van der Waals surface area (Å²) in [5.41, 5.74) is 6.79. The molecule has 2 rings (SSSR count). The maximum absolute atomic E-state index is 12.2. The standard InChI is InChI=1S/C13H8BrCl3N2O/c14-9-3-6(15)1-2-11(9)19-13(20)8-4-7(18)5-10(16)12(8)17/h1-5H,18H2,(H,19,20). The summed E-state index contributed by atoms with van der Waals surface area (Å²) in [7, 11) is 0. The summed E-state index contributed by atoms with van der Waals surface area (Å²) >= 11 is 21.1. The van der Waals surface area contributed by atoms with Crippen molar-refractivity contribution in [1.82, 2.24) is 0 Å².